The lowest BCUT2D eigenvalue weighted by Crippen LogP contribution is -2.09. The maximum absolute atomic E-state index is 5.13. The molecule has 0 fully saturated rings. The molecule has 0 aliphatic rings. The van der Waals surface area contributed by atoms with Gasteiger partial charge in [-0.05, 0) is 17.7 Å². The first-order chi connectivity index (χ1) is 6.65. The van der Waals surface area contributed by atoms with Crippen LogP contribution in [0, 0.1) is 0 Å². The van der Waals surface area contributed by atoms with Crippen LogP contribution >= 0.6 is 0 Å². The second-order valence-corrected chi connectivity index (χ2v) is 3.84. The Morgan fingerprint density at radius 1 is 1.21 bits per heavy atom. The molecule has 2 nitrogen and oxygen atoms in total. The standard InChI is InChI=1S/C12H19NO/c1-10(9-14-4)11-5-7-12(8-6-11)13(2)3/h5-8,10H,9H2,1-4H3. The van der Waals surface area contributed by atoms with Gasteiger partial charge in [-0.2, -0.15) is 0 Å². The van der Waals surface area contributed by atoms with Crippen molar-refractivity contribution >= 4 is 5.69 Å². The molecule has 2 heteroatoms. The molecule has 0 aliphatic carbocycles. The lowest BCUT2D eigenvalue weighted by Gasteiger charge is -2.15. The average Bonchev–Trinajstić information content (AvgIpc) is 2.18. The molecule has 1 unspecified atom stereocenters. The summed E-state index contributed by atoms with van der Waals surface area (Å²) in [6.07, 6.45) is 0. The van der Waals surface area contributed by atoms with E-state index in [1.54, 1.807) is 7.11 Å². The van der Waals surface area contributed by atoms with Gasteiger partial charge < -0.3 is 9.64 Å². The summed E-state index contributed by atoms with van der Waals surface area (Å²) in [5.74, 6) is 0.469. The zero-order chi connectivity index (χ0) is 10.6. The molecular weight excluding hydrogens is 174 g/mol. The van der Waals surface area contributed by atoms with Crippen molar-refractivity contribution in [3.05, 3.63) is 29.8 Å². The summed E-state index contributed by atoms with van der Waals surface area (Å²) < 4.78 is 5.13. The SMILES string of the molecule is COCC(C)c1ccc(N(C)C)cc1. The van der Waals surface area contributed by atoms with Crippen molar-refractivity contribution < 1.29 is 4.74 Å². The molecule has 0 saturated carbocycles. The van der Waals surface area contributed by atoms with Gasteiger partial charge in [0.1, 0.15) is 0 Å². The minimum atomic E-state index is 0.469. The zero-order valence-corrected chi connectivity index (χ0v) is 9.45. The number of hydrogen-bond acceptors (Lipinski definition) is 2. The second kappa shape index (κ2) is 5.01. The Labute approximate surface area is 86.5 Å². The lowest BCUT2D eigenvalue weighted by atomic mass is 10.0. The van der Waals surface area contributed by atoms with E-state index in [1.165, 1.54) is 11.3 Å². The third kappa shape index (κ3) is 2.74. The highest BCUT2D eigenvalue weighted by Crippen LogP contribution is 2.19. The van der Waals surface area contributed by atoms with Gasteiger partial charge in [0.25, 0.3) is 0 Å². The van der Waals surface area contributed by atoms with Crippen molar-refractivity contribution in [3.8, 4) is 0 Å². The van der Waals surface area contributed by atoms with E-state index in [0.29, 0.717) is 5.92 Å². The van der Waals surface area contributed by atoms with E-state index in [4.69, 9.17) is 4.74 Å². The van der Waals surface area contributed by atoms with E-state index in [1.807, 2.05) is 14.1 Å². The molecule has 0 bridgehead atoms. The van der Waals surface area contributed by atoms with Crippen LogP contribution in [0.5, 0.6) is 0 Å². The number of methoxy groups -OCH3 is 1. The molecule has 0 spiro atoms. The second-order valence-electron chi connectivity index (χ2n) is 3.84. The summed E-state index contributed by atoms with van der Waals surface area (Å²) >= 11 is 0. The first-order valence-electron chi connectivity index (χ1n) is 4.91. The van der Waals surface area contributed by atoms with Crippen LogP contribution in [0.2, 0.25) is 0 Å². The van der Waals surface area contributed by atoms with E-state index in [0.717, 1.165) is 6.61 Å². The zero-order valence-electron chi connectivity index (χ0n) is 9.45. The number of anilines is 1. The number of hydrogen-bond donors (Lipinski definition) is 0. The van der Waals surface area contributed by atoms with E-state index in [9.17, 15) is 0 Å². The molecule has 1 aromatic carbocycles. The van der Waals surface area contributed by atoms with Crippen LogP contribution in [-0.2, 0) is 4.74 Å². The average molecular weight is 193 g/mol. The Morgan fingerprint density at radius 3 is 2.21 bits per heavy atom. The predicted molar refractivity (Wildman–Crippen MR) is 61.1 cm³/mol. The highest BCUT2D eigenvalue weighted by molar-refractivity contribution is 5.46. The minimum Gasteiger partial charge on any atom is -0.384 e. The van der Waals surface area contributed by atoms with Gasteiger partial charge in [0.05, 0.1) is 6.61 Å². The van der Waals surface area contributed by atoms with Crippen LogP contribution in [-0.4, -0.2) is 27.8 Å². The Bertz CT molecular complexity index is 266. The molecule has 0 saturated heterocycles. The molecule has 1 rings (SSSR count). The number of ether oxygens (including phenoxy) is 1. The summed E-state index contributed by atoms with van der Waals surface area (Å²) in [5.41, 5.74) is 2.57. The highest BCUT2D eigenvalue weighted by Gasteiger charge is 2.04. The third-order valence-corrected chi connectivity index (χ3v) is 2.40. The molecule has 0 amide bonds. The molecule has 0 aromatic heterocycles. The molecule has 1 aromatic rings. The van der Waals surface area contributed by atoms with Gasteiger partial charge >= 0.3 is 0 Å². The molecule has 0 heterocycles. The Balaban J connectivity index is 2.72. The highest BCUT2D eigenvalue weighted by atomic mass is 16.5. The first-order valence-corrected chi connectivity index (χ1v) is 4.91. The van der Waals surface area contributed by atoms with Crippen molar-refractivity contribution in [2.75, 3.05) is 32.7 Å². The Kier molecular flexibility index (Phi) is 3.96. The van der Waals surface area contributed by atoms with E-state index >= 15 is 0 Å². The molecule has 78 valence electrons. The smallest absolute Gasteiger partial charge is 0.0528 e. The molecule has 0 aliphatic heterocycles. The predicted octanol–water partition coefficient (Wildman–Crippen LogP) is 2.50. The van der Waals surface area contributed by atoms with E-state index in [2.05, 4.69) is 36.1 Å². The number of rotatable bonds is 4. The van der Waals surface area contributed by atoms with Crippen LogP contribution < -0.4 is 4.90 Å². The summed E-state index contributed by atoms with van der Waals surface area (Å²) in [6, 6.07) is 8.61. The van der Waals surface area contributed by atoms with Crippen LogP contribution in [0.25, 0.3) is 0 Å². The van der Waals surface area contributed by atoms with Gasteiger partial charge in [-0.3, -0.25) is 0 Å². The molecule has 0 N–H and O–H groups in total. The van der Waals surface area contributed by atoms with Gasteiger partial charge in [-0.1, -0.05) is 19.1 Å². The van der Waals surface area contributed by atoms with Gasteiger partial charge in [-0.15, -0.1) is 0 Å². The fourth-order valence-corrected chi connectivity index (χ4v) is 1.45. The van der Waals surface area contributed by atoms with Crippen molar-refractivity contribution in [1.82, 2.24) is 0 Å². The summed E-state index contributed by atoms with van der Waals surface area (Å²) in [4.78, 5) is 2.10. The third-order valence-electron chi connectivity index (χ3n) is 2.40. The van der Waals surface area contributed by atoms with E-state index in [-0.39, 0.29) is 0 Å². The molecule has 14 heavy (non-hydrogen) atoms. The molecule has 0 radical (unpaired) electrons. The number of nitrogens with zero attached hydrogens (tertiary/aromatic N) is 1. The van der Waals surface area contributed by atoms with Gasteiger partial charge in [0.2, 0.25) is 0 Å². The topological polar surface area (TPSA) is 12.5 Å². The fourth-order valence-electron chi connectivity index (χ4n) is 1.45. The summed E-state index contributed by atoms with van der Waals surface area (Å²) in [7, 11) is 5.84. The van der Waals surface area contributed by atoms with Crippen LogP contribution in [0.4, 0.5) is 5.69 Å². The van der Waals surface area contributed by atoms with Crippen LogP contribution in [0.1, 0.15) is 18.4 Å². The minimum absolute atomic E-state index is 0.469. The van der Waals surface area contributed by atoms with Crippen LogP contribution in [0.3, 0.4) is 0 Å². The quantitative estimate of drug-likeness (QED) is 0.728. The monoisotopic (exact) mass is 193 g/mol. The largest absolute Gasteiger partial charge is 0.384 e. The first kappa shape index (κ1) is 11.1. The number of benzene rings is 1. The Morgan fingerprint density at radius 2 is 1.79 bits per heavy atom. The fraction of sp³-hybridized carbons (Fsp3) is 0.500. The van der Waals surface area contributed by atoms with Crippen molar-refractivity contribution in [2.45, 2.75) is 12.8 Å². The van der Waals surface area contributed by atoms with Crippen molar-refractivity contribution in [2.24, 2.45) is 0 Å². The normalized spacial score (nSPS) is 12.6. The Hall–Kier alpha value is -1.02. The van der Waals surface area contributed by atoms with Gasteiger partial charge in [0.15, 0.2) is 0 Å². The summed E-state index contributed by atoms with van der Waals surface area (Å²) in [6.45, 7) is 2.95. The van der Waals surface area contributed by atoms with Crippen molar-refractivity contribution in [1.29, 1.82) is 0 Å². The molecular formula is C12H19NO. The van der Waals surface area contributed by atoms with Crippen LogP contribution in [0.15, 0.2) is 24.3 Å². The summed E-state index contributed by atoms with van der Waals surface area (Å²) in [5, 5.41) is 0. The van der Waals surface area contributed by atoms with Gasteiger partial charge in [0, 0.05) is 32.8 Å². The lowest BCUT2D eigenvalue weighted by molar-refractivity contribution is 0.184. The van der Waals surface area contributed by atoms with Crippen molar-refractivity contribution in [3.63, 3.8) is 0 Å². The van der Waals surface area contributed by atoms with E-state index < -0.39 is 0 Å². The maximum Gasteiger partial charge on any atom is 0.0528 e. The van der Waals surface area contributed by atoms with Gasteiger partial charge in [-0.25, -0.2) is 0 Å². The molecule has 1 atom stereocenters. The maximum atomic E-state index is 5.13.